The van der Waals surface area contributed by atoms with Crippen molar-refractivity contribution in [3.8, 4) is 0 Å². The minimum atomic E-state index is -1.25. The monoisotopic (exact) mass is 210 g/mol. The van der Waals surface area contributed by atoms with Crippen LogP contribution in [0.15, 0.2) is 30.3 Å². The Morgan fingerprint density at radius 2 is 2.00 bits per heavy atom. The van der Waals surface area contributed by atoms with Crippen LogP contribution in [0.5, 0.6) is 0 Å². The number of aliphatic hydroxyl groups excluding tert-OH is 2. The van der Waals surface area contributed by atoms with E-state index in [0.29, 0.717) is 12.0 Å². The number of rotatable bonds is 5. The Labute approximate surface area is 88.1 Å². The van der Waals surface area contributed by atoms with Gasteiger partial charge in [0.25, 0.3) is 0 Å². The molecule has 1 aromatic carbocycles. The Balaban J connectivity index is 2.46. The van der Waals surface area contributed by atoms with Crippen LogP contribution < -0.4 is 0 Å². The molecule has 1 unspecified atom stereocenters. The van der Waals surface area contributed by atoms with E-state index in [1.807, 2.05) is 0 Å². The van der Waals surface area contributed by atoms with Gasteiger partial charge in [-0.2, -0.15) is 0 Å². The molecule has 1 atom stereocenters. The zero-order chi connectivity index (χ0) is 11.1. The quantitative estimate of drug-likeness (QED) is 0.553. The Hall–Kier alpha value is -1.39. The zero-order valence-corrected chi connectivity index (χ0v) is 8.30. The molecule has 0 fully saturated rings. The van der Waals surface area contributed by atoms with Gasteiger partial charge in [0.05, 0.1) is 6.61 Å². The molecule has 1 rings (SSSR count). The number of hydrogen-bond acceptors (Lipinski definition) is 4. The summed E-state index contributed by atoms with van der Waals surface area (Å²) in [6, 6.07) is 8.57. The van der Waals surface area contributed by atoms with E-state index in [9.17, 15) is 9.90 Å². The molecule has 0 spiro atoms. The number of esters is 1. The van der Waals surface area contributed by atoms with Gasteiger partial charge in [-0.1, -0.05) is 30.3 Å². The first kappa shape index (κ1) is 11.7. The summed E-state index contributed by atoms with van der Waals surface area (Å²) in [4.78, 5) is 11.3. The second-order valence-electron chi connectivity index (χ2n) is 3.06. The summed E-state index contributed by atoms with van der Waals surface area (Å²) in [5, 5.41) is 18.0. The van der Waals surface area contributed by atoms with Crippen molar-refractivity contribution in [2.75, 3.05) is 13.2 Å². The molecule has 0 saturated carbocycles. The highest BCUT2D eigenvalue weighted by Gasteiger charge is 2.17. The third-order valence-corrected chi connectivity index (χ3v) is 1.89. The van der Waals surface area contributed by atoms with E-state index < -0.39 is 12.1 Å². The van der Waals surface area contributed by atoms with Gasteiger partial charge in [0.1, 0.15) is 0 Å². The largest absolute Gasteiger partial charge is 0.463 e. The molecule has 0 amide bonds. The smallest absolute Gasteiger partial charge is 0.339 e. The van der Waals surface area contributed by atoms with Crippen LogP contribution in [-0.2, 0) is 9.53 Å². The Bertz CT molecular complexity index is 297. The first-order valence-electron chi connectivity index (χ1n) is 4.76. The van der Waals surface area contributed by atoms with Crippen molar-refractivity contribution in [3.63, 3.8) is 0 Å². The topological polar surface area (TPSA) is 66.8 Å². The average molecular weight is 210 g/mol. The number of aliphatic hydroxyl groups is 2. The molecule has 4 nitrogen and oxygen atoms in total. The van der Waals surface area contributed by atoms with Crippen LogP contribution in [0.2, 0.25) is 0 Å². The number of ether oxygens (including phenoxy) is 1. The van der Waals surface area contributed by atoms with E-state index in [2.05, 4.69) is 0 Å². The van der Waals surface area contributed by atoms with Crippen LogP contribution in [0.1, 0.15) is 18.1 Å². The lowest BCUT2D eigenvalue weighted by Crippen LogP contribution is -2.16. The molecule has 0 aliphatic heterocycles. The zero-order valence-electron chi connectivity index (χ0n) is 8.30. The summed E-state index contributed by atoms with van der Waals surface area (Å²) in [6.45, 7) is 0.0912. The van der Waals surface area contributed by atoms with Crippen LogP contribution in [0, 0.1) is 0 Å². The van der Waals surface area contributed by atoms with Gasteiger partial charge in [0.15, 0.2) is 6.10 Å². The minimum absolute atomic E-state index is 0.0330. The normalized spacial score (nSPS) is 12.1. The van der Waals surface area contributed by atoms with Crippen molar-refractivity contribution in [2.45, 2.75) is 12.5 Å². The van der Waals surface area contributed by atoms with Crippen LogP contribution in [0.25, 0.3) is 0 Å². The third-order valence-electron chi connectivity index (χ3n) is 1.89. The molecule has 0 aliphatic rings. The summed E-state index contributed by atoms with van der Waals surface area (Å²) in [7, 11) is 0. The summed E-state index contributed by atoms with van der Waals surface area (Å²) >= 11 is 0. The van der Waals surface area contributed by atoms with Gasteiger partial charge in [0, 0.05) is 13.0 Å². The molecule has 0 radical (unpaired) electrons. The van der Waals surface area contributed by atoms with Gasteiger partial charge in [-0.15, -0.1) is 0 Å². The second kappa shape index (κ2) is 6.16. The molecule has 0 aliphatic carbocycles. The number of carbonyl (C=O) groups excluding carboxylic acids is 1. The van der Waals surface area contributed by atoms with Gasteiger partial charge in [0.2, 0.25) is 0 Å². The Kier molecular flexibility index (Phi) is 4.80. The first-order valence-corrected chi connectivity index (χ1v) is 4.76. The third kappa shape index (κ3) is 3.69. The van der Waals surface area contributed by atoms with Crippen LogP contribution in [0.3, 0.4) is 0 Å². The maximum atomic E-state index is 11.3. The minimum Gasteiger partial charge on any atom is -0.463 e. The van der Waals surface area contributed by atoms with Crippen molar-refractivity contribution >= 4 is 5.97 Å². The molecule has 82 valence electrons. The van der Waals surface area contributed by atoms with Crippen molar-refractivity contribution in [3.05, 3.63) is 35.9 Å². The molecule has 0 heterocycles. The predicted molar refractivity (Wildman–Crippen MR) is 54.1 cm³/mol. The highest BCUT2D eigenvalue weighted by molar-refractivity contribution is 5.76. The lowest BCUT2D eigenvalue weighted by molar-refractivity contribution is -0.154. The standard InChI is InChI=1S/C11H14O4/c12-7-4-8-15-11(14)10(13)9-5-2-1-3-6-9/h1-3,5-6,10,12-13H,4,7-8H2. The summed E-state index contributed by atoms with van der Waals surface area (Å²) in [5.74, 6) is -0.686. The lowest BCUT2D eigenvalue weighted by atomic mass is 10.1. The maximum Gasteiger partial charge on any atom is 0.339 e. The van der Waals surface area contributed by atoms with E-state index in [-0.39, 0.29) is 13.2 Å². The van der Waals surface area contributed by atoms with E-state index >= 15 is 0 Å². The van der Waals surface area contributed by atoms with Crippen molar-refractivity contribution in [1.29, 1.82) is 0 Å². The van der Waals surface area contributed by atoms with Gasteiger partial charge in [-0.3, -0.25) is 0 Å². The van der Waals surface area contributed by atoms with E-state index in [1.54, 1.807) is 30.3 Å². The molecular weight excluding hydrogens is 196 g/mol. The fraction of sp³-hybridized carbons (Fsp3) is 0.364. The number of hydrogen-bond donors (Lipinski definition) is 2. The summed E-state index contributed by atoms with van der Waals surface area (Å²) < 4.78 is 4.75. The van der Waals surface area contributed by atoms with Crippen molar-refractivity contribution < 1.29 is 19.7 Å². The lowest BCUT2D eigenvalue weighted by Gasteiger charge is -2.10. The van der Waals surface area contributed by atoms with E-state index in [4.69, 9.17) is 9.84 Å². The van der Waals surface area contributed by atoms with Crippen LogP contribution in [-0.4, -0.2) is 29.4 Å². The summed E-state index contributed by atoms with van der Waals surface area (Å²) in [6.07, 6.45) is -0.863. The van der Waals surface area contributed by atoms with Gasteiger partial charge < -0.3 is 14.9 Å². The first-order chi connectivity index (χ1) is 7.25. The highest BCUT2D eigenvalue weighted by atomic mass is 16.5. The molecule has 2 N–H and O–H groups in total. The molecule has 0 aromatic heterocycles. The van der Waals surface area contributed by atoms with Crippen LogP contribution in [0.4, 0.5) is 0 Å². The SMILES string of the molecule is O=C(OCCCO)C(O)c1ccccc1. The molecule has 4 heteroatoms. The molecule has 0 saturated heterocycles. The maximum absolute atomic E-state index is 11.3. The number of carbonyl (C=O) groups is 1. The highest BCUT2D eigenvalue weighted by Crippen LogP contribution is 2.13. The van der Waals surface area contributed by atoms with Crippen molar-refractivity contribution in [2.24, 2.45) is 0 Å². The van der Waals surface area contributed by atoms with Gasteiger partial charge in [-0.05, 0) is 5.56 Å². The fourth-order valence-corrected chi connectivity index (χ4v) is 1.09. The number of benzene rings is 1. The van der Waals surface area contributed by atoms with Gasteiger partial charge in [-0.25, -0.2) is 4.79 Å². The molecule has 0 bridgehead atoms. The Morgan fingerprint density at radius 1 is 1.33 bits per heavy atom. The van der Waals surface area contributed by atoms with E-state index in [0.717, 1.165) is 0 Å². The van der Waals surface area contributed by atoms with Crippen molar-refractivity contribution in [1.82, 2.24) is 0 Å². The summed E-state index contributed by atoms with van der Waals surface area (Å²) in [5.41, 5.74) is 0.506. The molecule has 1 aromatic rings. The second-order valence-corrected chi connectivity index (χ2v) is 3.06. The fourth-order valence-electron chi connectivity index (χ4n) is 1.09. The molecule has 15 heavy (non-hydrogen) atoms. The Morgan fingerprint density at radius 3 is 2.60 bits per heavy atom. The van der Waals surface area contributed by atoms with Crippen LogP contribution >= 0.6 is 0 Å². The molecular formula is C11H14O4. The average Bonchev–Trinajstić information content (AvgIpc) is 2.29. The van der Waals surface area contributed by atoms with E-state index in [1.165, 1.54) is 0 Å². The predicted octanol–water partition coefficient (Wildman–Crippen LogP) is 0.646. The van der Waals surface area contributed by atoms with Gasteiger partial charge >= 0.3 is 5.97 Å².